The highest BCUT2D eigenvalue weighted by molar-refractivity contribution is 9.10. The SMILES string of the molecule is COC(=O)C1CCC(=O)N1C(C)c1ncc(Br)cn1. The molecule has 19 heavy (non-hydrogen) atoms. The summed E-state index contributed by atoms with van der Waals surface area (Å²) in [6.07, 6.45) is 4.06. The van der Waals surface area contributed by atoms with Gasteiger partial charge in [0, 0.05) is 18.8 Å². The van der Waals surface area contributed by atoms with Crippen molar-refractivity contribution in [2.75, 3.05) is 7.11 Å². The molecule has 1 aromatic rings. The summed E-state index contributed by atoms with van der Waals surface area (Å²) in [5.41, 5.74) is 0. The fourth-order valence-electron chi connectivity index (χ4n) is 2.22. The van der Waals surface area contributed by atoms with Crippen LogP contribution in [-0.4, -0.2) is 39.9 Å². The first-order chi connectivity index (χ1) is 9.04. The highest BCUT2D eigenvalue weighted by Gasteiger charge is 2.40. The van der Waals surface area contributed by atoms with Crippen molar-refractivity contribution in [2.45, 2.75) is 31.8 Å². The van der Waals surface area contributed by atoms with E-state index in [1.54, 1.807) is 12.4 Å². The van der Waals surface area contributed by atoms with E-state index >= 15 is 0 Å². The molecule has 1 aromatic heterocycles. The molecule has 2 unspecified atom stereocenters. The van der Waals surface area contributed by atoms with Gasteiger partial charge in [-0.1, -0.05) is 0 Å². The minimum Gasteiger partial charge on any atom is -0.467 e. The summed E-state index contributed by atoms with van der Waals surface area (Å²) in [6, 6.07) is -0.896. The Morgan fingerprint density at radius 3 is 2.74 bits per heavy atom. The van der Waals surface area contributed by atoms with Crippen LogP contribution < -0.4 is 0 Å². The summed E-state index contributed by atoms with van der Waals surface area (Å²) in [5.74, 6) is 0.0385. The Labute approximate surface area is 119 Å². The molecule has 2 atom stereocenters. The number of likely N-dealkylation sites (tertiary alicyclic amines) is 1. The standard InChI is InChI=1S/C12H14BrN3O3/c1-7(11-14-5-8(13)6-15-11)16-9(12(18)19-2)3-4-10(16)17/h5-7,9H,3-4H2,1-2H3. The second kappa shape index (κ2) is 5.64. The Hall–Kier alpha value is -1.50. The number of halogens is 1. The first-order valence-electron chi connectivity index (χ1n) is 5.91. The van der Waals surface area contributed by atoms with Crippen molar-refractivity contribution in [3.05, 3.63) is 22.7 Å². The molecule has 2 rings (SSSR count). The molecule has 0 bridgehead atoms. The number of esters is 1. The summed E-state index contributed by atoms with van der Waals surface area (Å²) < 4.78 is 5.50. The van der Waals surface area contributed by atoms with Gasteiger partial charge in [0.25, 0.3) is 0 Å². The number of carbonyl (C=O) groups excluding carboxylic acids is 2. The lowest BCUT2D eigenvalue weighted by atomic mass is 10.2. The van der Waals surface area contributed by atoms with E-state index < -0.39 is 12.0 Å². The summed E-state index contributed by atoms with van der Waals surface area (Å²) in [5, 5.41) is 0. The van der Waals surface area contributed by atoms with Gasteiger partial charge in [-0.2, -0.15) is 0 Å². The van der Waals surface area contributed by atoms with Crippen LogP contribution in [0, 0.1) is 0 Å². The zero-order valence-corrected chi connectivity index (χ0v) is 12.3. The lowest BCUT2D eigenvalue weighted by molar-refractivity contribution is -0.150. The van der Waals surface area contributed by atoms with E-state index in [9.17, 15) is 9.59 Å². The molecule has 6 nitrogen and oxygen atoms in total. The van der Waals surface area contributed by atoms with Gasteiger partial charge in [-0.15, -0.1) is 0 Å². The highest BCUT2D eigenvalue weighted by atomic mass is 79.9. The van der Waals surface area contributed by atoms with E-state index in [0.29, 0.717) is 18.7 Å². The van der Waals surface area contributed by atoms with Crippen LogP contribution in [0.5, 0.6) is 0 Å². The molecule has 0 spiro atoms. The third-order valence-corrected chi connectivity index (χ3v) is 3.57. The summed E-state index contributed by atoms with van der Waals surface area (Å²) >= 11 is 3.26. The van der Waals surface area contributed by atoms with Crippen molar-refractivity contribution in [1.82, 2.24) is 14.9 Å². The van der Waals surface area contributed by atoms with Gasteiger partial charge >= 0.3 is 5.97 Å². The Balaban J connectivity index is 2.24. The number of rotatable bonds is 3. The van der Waals surface area contributed by atoms with E-state index in [2.05, 4.69) is 25.9 Å². The molecule has 0 saturated carbocycles. The molecular weight excluding hydrogens is 314 g/mol. The largest absolute Gasteiger partial charge is 0.467 e. The lowest BCUT2D eigenvalue weighted by Gasteiger charge is -2.28. The molecule has 0 N–H and O–H groups in total. The molecule has 1 aliphatic rings. The van der Waals surface area contributed by atoms with E-state index in [-0.39, 0.29) is 11.9 Å². The Kier molecular flexibility index (Phi) is 4.14. The van der Waals surface area contributed by atoms with E-state index in [1.807, 2.05) is 6.92 Å². The molecular formula is C12H14BrN3O3. The van der Waals surface area contributed by atoms with Crippen LogP contribution >= 0.6 is 15.9 Å². The summed E-state index contributed by atoms with van der Waals surface area (Å²) in [4.78, 5) is 33.5. The van der Waals surface area contributed by atoms with Crippen molar-refractivity contribution in [2.24, 2.45) is 0 Å². The molecule has 7 heteroatoms. The number of hydrogen-bond acceptors (Lipinski definition) is 5. The smallest absolute Gasteiger partial charge is 0.328 e. The predicted molar refractivity (Wildman–Crippen MR) is 70.0 cm³/mol. The molecule has 1 aliphatic heterocycles. The van der Waals surface area contributed by atoms with Crippen LogP contribution in [0.1, 0.15) is 31.6 Å². The normalized spacial score (nSPS) is 20.5. The van der Waals surface area contributed by atoms with Crippen LogP contribution in [0.4, 0.5) is 0 Å². The monoisotopic (exact) mass is 327 g/mol. The number of hydrogen-bond donors (Lipinski definition) is 0. The van der Waals surface area contributed by atoms with Gasteiger partial charge in [0.1, 0.15) is 6.04 Å². The van der Waals surface area contributed by atoms with E-state index in [1.165, 1.54) is 12.0 Å². The maximum absolute atomic E-state index is 11.9. The fraction of sp³-hybridized carbons (Fsp3) is 0.500. The van der Waals surface area contributed by atoms with E-state index in [0.717, 1.165) is 4.47 Å². The van der Waals surface area contributed by atoms with Gasteiger partial charge < -0.3 is 9.64 Å². The van der Waals surface area contributed by atoms with Gasteiger partial charge in [-0.25, -0.2) is 14.8 Å². The Morgan fingerprint density at radius 2 is 2.16 bits per heavy atom. The highest BCUT2D eigenvalue weighted by Crippen LogP contribution is 2.29. The minimum absolute atomic E-state index is 0.0746. The molecule has 1 fully saturated rings. The second-order valence-electron chi connectivity index (χ2n) is 4.31. The number of aromatic nitrogens is 2. The van der Waals surface area contributed by atoms with Gasteiger partial charge in [0.15, 0.2) is 5.82 Å². The van der Waals surface area contributed by atoms with Gasteiger partial charge in [0.2, 0.25) is 5.91 Å². The quantitative estimate of drug-likeness (QED) is 0.786. The predicted octanol–water partition coefficient (Wildman–Crippen LogP) is 1.46. The summed E-state index contributed by atoms with van der Waals surface area (Å²) in [7, 11) is 1.32. The van der Waals surface area contributed by atoms with Crippen molar-refractivity contribution in [3.8, 4) is 0 Å². The number of amides is 1. The maximum atomic E-state index is 11.9. The molecule has 2 heterocycles. The van der Waals surface area contributed by atoms with Crippen molar-refractivity contribution < 1.29 is 14.3 Å². The first-order valence-corrected chi connectivity index (χ1v) is 6.70. The van der Waals surface area contributed by atoms with Crippen molar-refractivity contribution in [1.29, 1.82) is 0 Å². The van der Waals surface area contributed by atoms with Gasteiger partial charge in [-0.3, -0.25) is 4.79 Å². The van der Waals surface area contributed by atoms with Crippen LogP contribution in [0.2, 0.25) is 0 Å². The third kappa shape index (κ3) is 2.75. The zero-order valence-electron chi connectivity index (χ0n) is 10.7. The second-order valence-corrected chi connectivity index (χ2v) is 5.23. The van der Waals surface area contributed by atoms with Crippen molar-refractivity contribution >= 4 is 27.8 Å². The Bertz CT molecular complexity index is 491. The molecule has 0 aliphatic carbocycles. The lowest BCUT2D eigenvalue weighted by Crippen LogP contribution is -2.41. The topological polar surface area (TPSA) is 72.4 Å². The fourth-order valence-corrected chi connectivity index (χ4v) is 2.42. The minimum atomic E-state index is -0.542. The van der Waals surface area contributed by atoms with Crippen LogP contribution in [-0.2, 0) is 14.3 Å². The molecule has 102 valence electrons. The number of ether oxygens (including phenoxy) is 1. The number of nitrogens with zero attached hydrogens (tertiary/aromatic N) is 3. The van der Waals surface area contributed by atoms with Crippen LogP contribution in [0.25, 0.3) is 0 Å². The maximum Gasteiger partial charge on any atom is 0.328 e. The third-order valence-electron chi connectivity index (χ3n) is 3.16. The van der Waals surface area contributed by atoms with Crippen molar-refractivity contribution in [3.63, 3.8) is 0 Å². The molecule has 1 saturated heterocycles. The zero-order chi connectivity index (χ0) is 14.0. The molecule has 0 aromatic carbocycles. The average Bonchev–Trinajstić information content (AvgIpc) is 2.80. The van der Waals surface area contributed by atoms with Crippen LogP contribution in [0.3, 0.4) is 0 Å². The Morgan fingerprint density at radius 1 is 1.53 bits per heavy atom. The number of carbonyl (C=O) groups is 2. The molecule has 0 radical (unpaired) electrons. The van der Waals surface area contributed by atoms with Gasteiger partial charge in [0.05, 0.1) is 17.6 Å². The average molecular weight is 328 g/mol. The molecule has 1 amide bonds. The first kappa shape index (κ1) is 13.9. The van der Waals surface area contributed by atoms with E-state index in [4.69, 9.17) is 4.74 Å². The van der Waals surface area contributed by atoms with Gasteiger partial charge in [-0.05, 0) is 29.3 Å². The van der Waals surface area contributed by atoms with Crippen LogP contribution in [0.15, 0.2) is 16.9 Å². The summed E-state index contributed by atoms with van der Waals surface area (Å²) in [6.45, 7) is 1.81. The number of methoxy groups -OCH3 is 1.